The highest BCUT2D eigenvalue weighted by atomic mass is 35.5. The average Bonchev–Trinajstić information content (AvgIpc) is 2.59. The molecule has 3 aromatic rings. The molecular weight excluding hydrogens is 361 g/mol. The van der Waals surface area contributed by atoms with Crippen LogP contribution in [0.5, 0.6) is 0 Å². The van der Waals surface area contributed by atoms with Crippen molar-refractivity contribution < 1.29 is 0 Å². The van der Waals surface area contributed by atoms with E-state index in [-0.39, 0.29) is 6.54 Å². The number of benzene rings is 2. The molecule has 0 amide bonds. The highest BCUT2D eigenvalue weighted by molar-refractivity contribution is 6.35. The number of anilines is 1. The maximum atomic E-state index is 12.1. The summed E-state index contributed by atoms with van der Waals surface area (Å²) >= 11 is 12.0. The number of aromatic amines is 1. The van der Waals surface area contributed by atoms with Gasteiger partial charge in [-0.15, -0.1) is 0 Å². The van der Waals surface area contributed by atoms with Gasteiger partial charge in [-0.1, -0.05) is 59.6 Å². The number of rotatable bonds is 5. The van der Waals surface area contributed by atoms with E-state index in [4.69, 9.17) is 23.2 Å². The molecule has 7 heteroatoms. The Hall–Kier alpha value is -2.50. The van der Waals surface area contributed by atoms with E-state index in [0.29, 0.717) is 22.3 Å². The standard InChI is InChI=1S/C18H15Cl2N3O2/c19-14-7-6-13(15(20)8-14)10-23-11-16(17(24)22-18(23)25)21-9-12-4-2-1-3-5-12/h1-8,11,21H,9-10H2,(H,22,24,25). The maximum absolute atomic E-state index is 12.1. The lowest BCUT2D eigenvalue weighted by molar-refractivity contribution is 0.721. The van der Waals surface area contributed by atoms with Crippen LogP contribution in [0.3, 0.4) is 0 Å². The summed E-state index contributed by atoms with van der Waals surface area (Å²) in [5.74, 6) is 0. The van der Waals surface area contributed by atoms with Crippen molar-refractivity contribution in [1.29, 1.82) is 0 Å². The number of hydrogen-bond acceptors (Lipinski definition) is 3. The van der Waals surface area contributed by atoms with Gasteiger partial charge < -0.3 is 5.32 Å². The van der Waals surface area contributed by atoms with Crippen LogP contribution in [0.15, 0.2) is 64.3 Å². The van der Waals surface area contributed by atoms with Crippen molar-refractivity contribution in [2.75, 3.05) is 5.32 Å². The smallest absolute Gasteiger partial charge is 0.328 e. The van der Waals surface area contributed by atoms with Gasteiger partial charge in [0, 0.05) is 22.8 Å². The molecule has 0 atom stereocenters. The summed E-state index contributed by atoms with van der Waals surface area (Å²) in [5.41, 5.74) is 1.11. The summed E-state index contributed by atoms with van der Waals surface area (Å²) in [4.78, 5) is 26.4. The SMILES string of the molecule is O=c1[nH]c(=O)n(Cc2ccc(Cl)cc2Cl)cc1NCc1ccccc1. The molecule has 2 N–H and O–H groups in total. The second-order valence-corrected chi connectivity index (χ2v) is 6.35. The molecular formula is C18H15Cl2N3O2. The van der Waals surface area contributed by atoms with Gasteiger partial charge in [-0.25, -0.2) is 4.79 Å². The topological polar surface area (TPSA) is 66.9 Å². The van der Waals surface area contributed by atoms with Crippen LogP contribution in [0, 0.1) is 0 Å². The zero-order valence-corrected chi connectivity index (χ0v) is 14.6. The first-order chi connectivity index (χ1) is 12.0. The molecule has 0 saturated heterocycles. The van der Waals surface area contributed by atoms with E-state index < -0.39 is 11.2 Å². The average molecular weight is 376 g/mol. The van der Waals surface area contributed by atoms with E-state index in [0.717, 1.165) is 11.1 Å². The number of nitrogens with zero attached hydrogens (tertiary/aromatic N) is 1. The fourth-order valence-electron chi connectivity index (χ4n) is 2.38. The Labute approximate surface area is 153 Å². The fourth-order valence-corrected chi connectivity index (χ4v) is 2.85. The Balaban J connectivity index is 1.85. The van der Waals surface area contributed by atoms with Crippen molar-refractivity contribution in [2.24, 2.45) is 0 Å². The molecule has 0 bridgehead atoms. The van der Waals surface area contributed by atoms with E-state index in [2.05, 4.69) is 10.3 Å². The maximum Gasteiger partial charge on any atom is 0.328 e. The molecule has 0 radical (unpaired) electrons. The van der Waals surface area contributed by atoms with Crippen LogP contribution in [0.4, 0.5) is 5.69 Å². The van der Waals surface area contributed by atoms with E-state index in [9.17, 15) is 9.59 Å². The lowest BCUT2D eigenvalue weighted by Gasteiger charge is -2.11. The Morgan fingerprint density at radius 1 is 1.04 bits per heavy atom. The highest BCUT2D eigenvalue weighted by Crippen LogP contribution is 2.21. The van der Waals surface area contributed by atoms with E-state index in [1.54, 1.807) is 18.2 Å². The van der Waals surface area contributed by atoms with Gasteiger partial charge in [0.05, 0.1) is 6.54 Å². The first-order valence-electron chi connectivity index (χ1n) is 7.58. The lowest BCUT2D eigenvalue weighted by Crippen LogP contribution is -2.31. The molecule has 0 fully saturated rings. The number of hydrogen-bond donors (Lipinski definition) is 2. The molecule has 5 nitrogen and oxygen atoms in total. The number of nitrogens with one attached hydrogen (secondary N) is 2. The molecule has 1 heterocycles. The summed E-state index contributed by atoms with van der Waals surface area (Å²) in [6.45, 7) is 0.704. The van der Waals surface area contributed by atoms with Gasteiger partial charge in [0.15, 0.2) is 0 Å². The van der Waals surface area contributed by atoms with Crippen molar-refractivity contribution >= 4 is 28.9 Å². The zero-order valence-electron chi connectivity index (χ0n) is 13.1. The molecule has 0 saturated carbocycles. The molecule has 0 aliphatic rings. The van der Waals surface area contributed by atoms with Crippen LogP contribution in [-0.2, 0) is 13.1 Å². The first kappa shape index (κ1) is 17.3. The minimum absolute atomic E-state index is 0.228. The quantitative estimate of drug-likeness (QED) is 0.716. The summed E-state index contributed by atoms with van der Waals surface area (Å²) in [7, 11) is 0. The van der Waals surface area contributed by atoms with Crippen LogP contribution in [0.2, 0.25) is 10.0 Å². The van der Waals surface area contributed by atoms with Crippen molar-refractivity contribution in [3.05, 3.63) is 96.7 Å². The summed E-state index contributed by atoms with van der Waals surface area (Å²) in [6, 6.07) is 14.7. The van der Waals surface area contributed by atoms with Crippen LogP contribution >= 0.6 is 23.2 Å². The molecule has 0 unspecified atom stereocenters. The van der Waals surface area contributed by atoms with Crippen molar-refractivity contribution in [3.8, 4) is 0 Å². The molecule has 0 aliphatic heterocycles. The van der Waals surface area contributed by atoms with Crippen molar-refractivity contribution in [1.82, 2.24) is 9.55 Å². The van der Waals surface area contributed by atoms with Gasteiger partial charge in [-0.2, -0.15) is 0 Å². The van der Waals surface area contributed by atoms with Crippen molar-refractivity contribution in [3.63, 3.8) is 0 Å². The van der Waals surface area contributed by atoms with Crippen LogP contribution < -0.4 is 16.6 Å². The van der Waals surface area contributed by atoms with Gasteiger partial charge in [0.25, 0.3) is 5.56 Å². The summed E-state index contributed by atoms with van der Waals surface area (Å²) in [6.07, 6.45) is 1.50. The Morgan fingerprint density at radius 2 is 1.80 bits per heavy atom. The Bertz CT molecular complexity index is 997. The number of halogens is 2. The number of H-pyrrole nitrogens is 1. The molecule has 3 rings (SSSR count). The van der Waals surface area contributed by atoms with Gasteiger partial charge in [0.2, 0.25) is 0 Å². The third-order valence-corrected chi connectivity index (χ3v) is 4.28. The minimum Gasteiger partial charge on any atom is -0.375 e. The fraction of sp³-hybridized carbons (Fsp3) is 0.111. The van der Waals surface area contributed by atoms with Crippen molar-refractivity contribution in [2.45, 2.75) is 13.1 Å². The lowest BCUT2D eigenvalue weighted by atomic mass is 10.2. The second-order valence-electron chi connectivity index (χ2n) is 5.50. The highest BCUT2D eigenvalue weighted by Gasteiger charge is 2.08. The minimum atomic E-state index is -0.499. The Morgan fingerprint density at radius 3 is 2.52 bits per heavy atom. The van der Waals surface area contributed by atoms with Gasteiger partial charge in [0.1, 0.15) is 5.69 Å². The normalized spacial score (nSPS) is 10.6. The third-order valence-electron chi connectivity index (χ3n) is 3.69. The molecule has 25 heavy (non-hydrogen) atoms. The largest absolute Gasteiger partial charge is 0.375 e. The summed E-state index contributed by atoms with van der Waals surface area (Å²) in [5, 5.41) is 4.03. The van der Waals surface area contributed by atoms with Gasteiger partial charge >= 0.3 is 5.69 Å². The van der Waals surface area contributed by atoms with E-state index in [1.807, 2.05) is 30.3 Å². The number of aromatic nitrogens is 2. The van der Waals surface area contributed by atoms with Gasteiger partial charge in [-0.3, -0.25) is 14.3 Å². The molecule has 0 spiro atoms. The second kappa shape index (κ2) is 7.59. The molecule has 1 aromatic heterocycles. The van der Waals surface area contributed by atoms with Crippen LogP contribution in [0.25, 0.3) is 0 Å². The Kier molecular flexibility index (Phi) is 5.26. The zero-order chi connectivity index (χ0) is 17.8. The van der Waals surface area contributed by atoms with E-state index >= 15 is 0 Å². The third kappa shape index (κ3) is 4.32. The molecule has 128 valence electrons. The predicted octanol–water partition coefficient (Wildman–Crippen LogP) is 3.50. The monoisotopic (exact) mass is 375 g/mol. The summed E-state index contributed by atoms with van der Waals surface area (Å²) < 4.78 is 1.39. The molecule has 2 aromatic carbocycles. The van der Waals surface area contributed by atoms with Crippen LogP contribution in [-0.4, -0.2) is 9.55 Å². The van der Waals surface area contributed by atoms with Gasteiger partial charge in [-0.05, 0) is 23.3 Å². The predicted molar refractivity (Wildman–Crippen MR) is 101 cm³/mol. The first-order valence-corrected chi connectivity index (χ1v) is 8.34. The van der Waals surface area contributed by atoms with Crippen LogP contribution in [0.1, 0.15) is 11.1 Å². The molecule has 0 aliphatic carbocycles. The van der Waals surface area contributed by atoms with E-state index in [1.165, 1.54) is 10.8 Å².